The predicted molar refractivity (Wildman–Crippen MR) is 102 cm³/mol. The number of pyridine rings is 1. The number of benzene rings is 1. The molecule has 2 heterocycles. The summed E-state index contributed by atoms with van der Waals surface area (Å²) in [7, 11) is 6.09. The van der Waals surface area contributed by atoms with Crippen molar-refractivity contribution >= 4 is 40.0 Å². The minimum absolute atomic E-state index is 0. The molecule has 24 heavy (non-hydrogen) atoms. The van der Waals surface area contributed by atoms with Gasteiger partial charge in [0.25, 0.3) is 0 Å². The molecular formula is C17H24ClN5O. The van der Waals surface area contributed by atoms with Gasteiger partial charge >= 0.3 is 0 Å². The molecule has 0 fully saturated rings. The van der Waals surface area contributed by atoms with Crippen LogP contribution in [0.4, 0.5) is 5.69 Å². The molecule has 0 bridgehead atoms. The Bertz CT molecular complexity index is 913. The molecule has 0 atom stereocenters. The molecule has 0 radical (unpaired) electrons. The third kappa shape index (κ3) is 3.39. The minimum Gasteiger partial charge on any atom is -0.384 e. The third-order valence-corrected chi connectivity index (χ3v) is 4.05. The first-order valence-corrected chi connectivity index (χ1v) is 7.85. The summed E-state index contributed by atoms with van der Waals surface area (Å²) in [6.45, 7) is 3.95. The maximum absolute atomic E-state index is 11.7. The van der Waals surface area contributed by atoms with Crippen molar-refractivity contribution in [2.45, 2.75) is 13.3 Å². The Hall–Kier alpha value is -2.05. The van der Waals surface area contributed by atoms with Crippen LogP contribution < -0.4 is 10.7 Å². The molecule has 0 saturated carbocycles. The first-order chi connectivity index (χ1) is 11.0. The number of H-pyrrole nitrogens is 1. The normalized spacial score (nSPS) is 11.2. The van der Waals surface area contributed by atoms with Crippen molar-refractivity contribution < 1.29 is 0 Å². The highest BCUT2D eigenvalue weighted by Crippen LogP contribution is 2.31. The minimum atomic E-state index is -0.0159. The Labute approximate surface area is 147 Å². The van der Waals surface area contributed by atoms with Gasteiger partial charge in [0.05, 0.1) is 16.6 Å². The fourth-order valence-electron chi connectivity index (χ4n) is 2.98. The number of halogens is 1. The molecule has 0 spiro atoms. The Kier molecular flexibility index (Phi) is 5.51. The van der Waals surface area contributed by atoms with E-state index in [1.807, 2.05) is 24.7 Å². The molecule has 0 unspecified atom stereocenters. The number of anilines is 1. The second-order valence-electron chi connectivity index (χ2n) is 6.24. The van der Waals surface area contributed by atoms with Crippen LogP contribution in [0.2, 0.25) is 0 Å². The van der Waals surface area contributed by atoms with Crippen LogP contribution in [0, 0.1) is 6.92 Å². The lowest BCUT2D eigenvalue weighted by Gasteiger charge is -2.13. The largest absolute Gasteiger partial charge is 0.384 e. The summed E-state index contributed by atoms with van der Waals surface area (Å²) in [6.07, 6.45) is 1.05. The van der Waals surface area contributed by atoms with Gasteiger partial charge in [-0.25, -0.2) is 4.98 Å². The van der Waals surface area contributed by atoms with Gasteiger partial charge in [0.2, 0.25) is 0 Å². The first kappa shape index (κ1) is 18.3. The zero-order chi connectivity index (χ0) is 16.6. The van der Waals surface area contributed by atoms with Gasteiger partial charge in [-0.1, -0.05) is 0 Å². The second-order valence-corrected chi connectivity index (χ2v) is 6.24. The van der Waals surface area contributed by atoms with Gasteiger partial charge in [-0.05, 0) is 46.1 Å². The smallest absolute Gasteiger partial charge is 0.180 e. The number of hydrogen-bond donors (Lipinski definition) is 2. The maximum Gasteiger partial charge on any atom is 0.180 e. The van der Waals surface area contributed by atoms with Crippen LogP contribution in [0.15, 0.2) is 23.0 Å². The summed E-state index contributed by atoms with van der Waals surface area (Å²) in [4.78, 5) is 18.5. The van der Waals surface area contributed by atoms with Crippen molar-refractivity contribution in [2.24, 2.45) is 7.05 Å². The van der Waals surface area contributed by atoms with E-state index in [0.29, 0.717) is 0 Å². The van der Waals surface area contributed by atoms with Crippen LogP contribution >= 0.6 is 12.4 Å². The summed E-state index contributed by atoms with van der Waals surface area (Å²) in [5.41, 5.74) is 3.69. The van der Waals surface area contributed by atoms with E-state index in [1.165, 1.54) is 0 Å². The zero-order valence-electron chi connectivity index (χ0n) is 14.5. The number of aromatic amines is 1. The maximum atomic E-state index is 11.7. The molecule has 0 amide bonds. The summed E-state index contributed by atoms with van der Waals surface area (Å²) in [5.74, 6) is 0. The Morgan fingerprint density at radius 2 is 2.08 bits per heavy atom. The summed E-state index contributed by atoms with van der Waals surface area (Å²) in [6, 6.07) is 5.07. The van der Waals surface area contributed by atoms with Crippen molar-refractivity contribution in [1.82, 2.24) is 19.7 Å². The number of nitrogens with one attached hydrogen (secondary N) is 2. The van der Waals surface area contributed by atoms with E-state index >= 15 is 0 Å². The van der Waals surface area contributed by atoms with Crippen molar-refractivity contribution in [3.8, 4) is 0 Å². The van der Waals surface area contributed by atoms with Gasteiger partial charge in [-0.15, -0.1) is 12.4 Å². The van der Waals surface area contributed by atoms with Gasteiger partial charge in [0.15, 0.2) is 11.1 Å². The lowest BCUT2D eigenvalue weighted by atomic mass is 10.1. The van der Waals surface area contributed by atoms with E-state index in [2.05, 4.69) is 34.4 Å². The van der Waals surface area contributed by atoms with Crippen LogP contribution in [0.25, 0.3) is 21.9 Å². The molecule has 7 heteroatoms. The van der Waals surface area contributed by atoms with Gasteiger partial charge in [0, 0.05) is 30.7 Å². The standard InChI is InChI=1S/C17H23N5O.ClH/c1-11-15-16(18-8-5-9-21(2)3)13-7-6-12(23)10-14(13)19-17(15)22(4)20-11;/h6-7,10,18,20H,5,8-9H2,1-4H3;1H. The summed E-state index contributed by atoms with van der Waals surface area (Å²) < 4.78 is 1.90. The van der Waals surface area contributed by atoms with Crippen molar-refractivity contribution in [3.05, 3.63) is 34.1 Å². The van der Waals surface area contributed by atoms with Crippen LogP contribution in [0.3, 0.4) is 0 Å². The molecule has 6 nitrogen and oxygen atoms in total. The van der Waals surface area contributed by atoms with Crippen LogP contribution in [-0.2, 0) is 7.05 Å². The van der Waals surface area contributed by atoms with Crippen LogP contribution in [-0.4, -0.2) is 46.8 Å². The molecule has 0 aliphatic rings. The molecule has 3 aromatic rings. The highest BCUT2D eigenvalue weighted by molar-refractivity contribution is 6.07. The molecule has 2 N–H and O–H groups in total. The van der Waals surface area contributed by atoms with Crippen LogP contribution in [0.5, 0.6) is 0 Å². The van der Waals surface area contributed by atoms with Gasteiger partial charge in [-0.3, -0.25) is 9.48 Å². The van der Waals surface area contributed by atoms with Crippen LogP contribution in [0.1, 0.15) is 12.1 Å². The number of fused-ring (bicyclic) bond motifs is 2. The quantitative estimate of drug-likeness (QED) is 0.695. The Balaban J connectivity index is 0.00000208. The van der Waals surface area contributed by atoms with Gasteiger partial charge < -0.3 is 15.3 Å². The molecule has 0 saturated heterocycles. The number of hydrogen-bond acceptors (Lipinski definition) is 4. The molecule has 3 rings (SSSR count). The SMILES string of the molecule is Cc1[nH]n(C)c2nc3cc(=O)ccc3c(NCCCN(C)C)c12.Cl. The van der Waals surface area contributed by atoms with Crippen molar-refractivity contribution in [3.63, 3.8) is 0 Å². The second kappa shape index (κ2) is 7.23. The molecule has 1 aromatic carbocycles. The lowest BCUT2D eigenvalue weighted by molar-refractivity contribution is 0.405. The monoisotopic (exact) mass is 349 g/mol. The fourth-order valence-corrected chi connectivity index (χ4v) is 2.98. The van der Waals surface area contributed by atoms with E-state index in [4.69, 9.17) is 0 Å². The Morgan fingerprint density at radius 3 is 2.79 bits per heavy atom. The molecule has 130 valence electrons. The van der Waals surface area contributed by atoms with Gasteiger partial charge in [0.1, 0.15) is 0 Å². The molecular weight excluding hydrogens is 326 g/mol. The van der Waals surface area contributed by atoms with E-state index < -0.39 is 0 Å². The van der Waals surface area contributed by atoms with E-state index in [0.717, 1.165) is 52.8 Å². The van der Waals surface area contributed by atoms with E-state index in [1.54, 1.807) is 12.1 Å². The molecule has 0 aliphatic heterocycles. The first-order valence-electron chi connectivity index (χ1n) is 7.85. The Morgan fingerprint density at radius 1 is 1.33 bits per heavy atom. The zero-order valence-corrected chi connectivity index (χ0v) is 15.3. The van der Waals surface area contributed by atoms with Crippen molar-refractivity contribution in [2.75, 3.05) is 32.5 Å². The lowest BCUT2D eigenvalue weighted by Crippen LogP contribution is -2.16. The highest BCUT2D eigenvalue weighted by atomic mass is 35.5. The molecule has 2 aromatic heterocycles. The number of nitrogens with zero attached hydrogens (tertiary/aromatic N) is 3. The van der Waals surface area contributed by atoms with E-state index in [-0.39, 0.29) is 17.8 Å². The fraction of sp³-hybridized carbons (Fsp3) is 0.412. The number of aryl methyl sites for hydroxylation is 2. The van der Waals surface area contributed by atoms with E-state index in [9.17, 15) is 4.79 Å². The van der Waals surface area contributed by atoms with Gasteiger partial charge in [-0.2, -0.15) is 0 Å². The predicted octanol–water partition coefficient (Wildman–Crippen LogP) is 2.51. The third-order valence-electron chi connectivity index (χ3n) is 4.05. The summed E-state index contributed by atoms with van der Waals surface area (Å²) >= 11 is 0. The van der Waals surface area contributed by atoms with Crippen molar-refractivity contribution in [1.29, 1.82) is 0 Å². The summed E-state index contributed by atoms with van der Waals surface area (Å²) in [5, 5.41) is 8.92. The topological polar surface area (TPSA) is 66.0 Å². The molecule has 0 aliphatic carbocycles. The average molecular weight is 350 g/mol. The average Bonchev–Trinajstić information content (AvgIpc) is 2.76. The number of aromatic nitrogens is 3. The highest BCUT2D eigenvalue weighted by Gasteiger charge is 2.14. The number of rotatable bonds is 5.